The molecule has 3 rings (SSSR count). The van der Waals surface area contributed by atoms with Crippen molar-refractivity contribution in [2.45, 2.75) is 44.0 Å². The molecule has 1 heterocycles. The second-order valence-electron chi connectivity index (χ2n) is 5.26. The molecular formula is C16H21N3S. The Kier molecular flexibility index (Phi) is 4.53. The maximum atomic E-state index is 4.68. The molecule has 1 aliphatic carbocycles. The van der Waals surface area contributed by atoms with Gasteiger partial charge in [-0.2, -0.15) is 11.8 Å². The van der Waals surface area contributed by atoms with E-state index in [0.717, 1.165) is 28.5 Å². The van der Waals surface area contributed by atoms with Gasteiger partial charge >= 0.3 is 0 Å². The summed E-state index contributed by atoms with van der Waals surface area (Å²) in [5, 5.41) is 4.45. The zero-order chi connectivity index (χ0) is 13.8. The van der Waals surface area contributed by atoms with Crippen LogP contribution in [-0.4, -0.2) is 27.0 Å². The Hall–Kier alpha value is -1.13. The summed E-state index contributed by atoms with van der Waals surface area (Å²) >= 11 is 2.09. The van der Waals surface area contributed by atoms with Gasteiger partial charge in [0.25, 0.3) is 0 Å². The Balaban J connectivity index is 1.64. The maximum absolute atomic E-state index is 4.68. The van der Waals surface area contributed by atoms with E-state index in [0.29, 0.717) is 6.04 Å². The summed E-state index contributed by atoms with van der Waals surface area (Å²) in [4.78, 5) is 9.15. The SMILES string of the molecule is CCSC1CCCC1NCc1cnc2ccccc2n1. The van der Waals surface area contributed by atoms with Crippen molar-refractivity contribution in [1.82, 2.24) is 15.3 Å². The van der Waals surface area contributed by atoms with Crippen LogP contribution in [0.25, 0.3) is 11.0 Å². The lowest BCUT2D eigenvalue weighted by Crippen LogP contribution is -2.34. The zero-order valence-corrected chi connectivity index (χ0v) is 12.7. The van der Waals surface area contributed by atoms with E-state index in [1.807, 2.05) is 30.5 Å². The van der Waals surface area contributed by atoms with Crippen molar-refractivity contribution < 1.29 is 0 Å². The first-order valence-electron chi connectivity index (χ1n) is 7.42. The van der Waals surface area contributed by atoms with Gasteiger partial charge in [0.1, 0.15) is 0 Å². The van der Waals surface area contributed by atoms with E-state index in [-0.39, 0.29) is 0 Å². The average Bonchev–Trinajstić information content (AvgIpc) is 2.93. The number of hydrogen-bond acceptors (Lipinski definition) is 4. The number of para-hydroxylation sites is 2. The smallest absolute Gasteiger partial charge is 0.0890 e. The molecule has 20 heavy (non-hydrogen) atoms. The summed E-state index contributed by atoms with van der Waals surface area (Å²) in [6.45, 7) is 3.07. The van der Waals surface area contributed by atoms with Gasteiger partial charge in [-0.25, -0.2) is 4.98 Å². The molecule has 1 N–H and O–H groups in total. The number of nitrogens with zero attached hydrogens (tertiary/aromatic N) is 2. The number of thioether (sulfide) groups is 1. The number of hydrogen-bond donors (Lipinski definition) is 1. The molecular weight excluding hydrogens is 266 g/mol. The summed E-state index contributed by atoms with van der Waals surface area (Å²) in [5.41, 5.74) is 2.99. The fourth-order valence-corrected chi connectivity index (χ4v) is 4.12. The maximum Gasteiger partial charge on any atom is 0.0890 e. The quantitative estimate of drug-likeness (QED) is 0.914. The van der Waals surface area contributed by atoms with Crippen molar-refractivity contribution in [3.8, 4) is 0 Å². The van der Waals surface area contributed by atoms with Crippen LogP contribution in [-0.2, 0) is 6.54 Å². The molecule has 1 aliphatic rings. The third kappa shape index (κ3) is 3.13. The Morgan fingerprint density at radius 1 is 1.25 bits per heavy atom. The molecule has 0 amide bonds. The van der Waals surface area contributed by atoms with Gasteiger partial charge in [-0.1, -0.05) is 25.5 Å². The fourth-order valence-electron chi connectivity index (χ4n) is 2.89. The van der Waals surface area contributed by atoms with Gasteiger partial charge in [0, 0.05) is 17.8 Å². The number of aromatic nitrogens is 2. The van der Waals surface area contributed by atoms with Crippen molar-refractivity contribution in [1.29, 1.82) is 0 Å². The highest BCUT2D eigenvalue weighted by atomic mass is 32.2. The van der Waals surface area contributed by atoms with E-state index >= 15 is 0 Å². The second kappa shape index (κ2) is 6.55. The molecule has 0 bridgehead atoms. The first kappa shape index (κ1) is 13.8. The van der Waals surface area contributed by atoms with Crippen LogP contribution in [0.4, 0.5) is 0 Å². The molecule has 1 aromatic carbocycles. The lowest BCUT2D eigenvalue weighted by molar-refractivity contribution is 0.527. The van der Waals surface area contributed by atoms with Crippen molar-refractivity contribution >= 4 is 22.8 Å². The molecule has 106 valence electrons. The van der Waals surface area contributed by atoms with Crippen LogP contribution in [0.5, 0.6) is 0 Å². The third-order valence-corrected chi connectivity index (χ3v) is 5.20. The molecule has 1 fully saturated rings. The lowest BCUT2D eigenvalue weighted by Gasteiger charge is -2.19. The first-order chi connectivity index (χ1) is 9.86. The molecule has 0 spiro atoms. The Morgan fingerprint density at radius 2 is 2.10 bits per heavy atom. The predicted molar refractivity (Wildman–Crippen MR) is 85.9 cm³/mol. The summed E-state index contributed by atoms with van der Waals surface area (Å²) in [6, 6.07) is 8.67. The molecule has 1 aromatic heterocycles. The minimum Gasteiger partial charge on any atom is -0.307 e. The molecule has 0 radical (unpaired) electrons. The minimum absolute atomic E-state index is 0.633. The average molecular weight is 287 g/mol. The van der Waals surface area contributed by atoms with Gasteiger partial charge in [0.05, 0.1) is 22.9 Å². The van der Waals surface area contributed by atoms with Gasteiger partial charge in [-0.3, -0.25) is 4.98 Å². The van der Waals surface area contributed by atoms with Crippen molar-refractivity contribution in [3.05, 3.63) is 36.2 Å². The van der Waals surface area contributed by atoms with Crippen LogP contribution in [0, 0.1) is 0 Å². The Bertz CT molecular complexity index is 572. The molecule has 0 aliphatic heterocycles. The van der Waals surface area contributed by atoms with E-state index in [2.05, 4.69) is 34.0 Å². The zero-order valence-electron chi connectivity index (χ0n) is 11.9. The standard InChI is InChI=1S/C16H21N3S/c1-2-20-16-9-5-8-15(16)18-11-12-10-17-13-6-3-4-7-14(13)19-12/h3-4,6-7,10,15-16,18H,2,5,8-9,11H2,1H3. The van der Waals surface area contributed by atoms with Crippen LogP contribution >= 0.6 is 11.8 Å². The monoisotopic (exact) mass is 287 g/mol. The van der Waals surface area contributed by atoms with E-state index in [1.165, 1.54) is 25.0 Å². The largest absolute Gasteiger partial charge is 0.307 e. The van der Waals surface area contributed by atoms with Gasteiger partial charge in [0.2, 0.25) is 0 Å². The highest BCUT2D eigenvalue weighted by molar-refractivity contribution is 7.99. The summed E-state index contributed by atoms with van der Waals surface area (Å²) < 4.78 is 0. The number of rotatable bonds is 5. The number of nitrogens with one attached hydrogen (secondary N) is 1. The number of benzene rings is 1. The Morgan fingerprint density at radius 3 is 2.95 bits per heavy atom. The topological polar surface area (TPSA) is 37.8 Å². The van der Waals surface area contributed by atoms with E-state index in [4.69, 9.17) is 0 Å². The molecule has 4 heteroatoms. The predicted octanol–water partition coefficient (Wildman–Crippen LogP) is 3.39. The van der Waals surface area contributed by atoms with Gasteiger partial charge < -0.3 is 5.32 Å². The molecule has 0 saturated heterocycles. The summed E-state index contributed by atoms with van der Waals surface area (Å²) in [6.07, 6.45) is 5.88. The van der Waals surface area contributed by atoms with Crippen LogP contribution in [0.3, 0.4) is 0 Å². The van der Waals surface area contributed by atoms with Crippen LogP contribution in [0.15, 0.2) is 30.5 Å². The third-order valence-electron chi connectivity index (χ3n) is 3.88. The minimum atomic E-state index is 0.633. The molecule has 3 nitrogen and oxygen atoms in total. The van der Waals surface area contributed by atoms with E-state index in [9.17, 15) is 0 Å². The van der Waals surface area contributed by atoms with Gasteiger partial charge in [-0.05, 0) is 30.7 Å². The van der Waals surface area contributed by atoms with Crippen LogP contribution in [0.1, 0.15) is 31.9 Å². The molecule has 1 saturated carbocycles. The van der Waals surface area contributed by atoms with Gasteiger partial charge in [0.15, 0.2) is 0 Å². The first-order valence-corrected chi connectivity index (χ1v) is 8.47. The van der Waals surface area contributed by atoms with Crippen molar-refractivity contribution in [2.75, 3.05) is 5.75 Å². The van der Waals surface area contributed by atoms with Crippen molar-refractivity contribution in [3.63, 3.8) is 0 Å². The summed E-state index contributed by atoms with van der Waals surface area (Å²) in [7, 11) is 0. The van der Waals surface area contributed by atoms with Crippen LogP contribution in [0.2, 0.25) is 0 Å². The van der Waals surface area contributed by atoms with Crippen molar-refractivity contribution in [2.24, 2.45) is 0 Å². The van der Waals surface area contributed by atoms with E-state index < -0.39 is 0 Å². The second-order valence-corrected chi connectivity index (χ2v) is 6.78. The lowest BCUT2D eigenvalue weighted by atomic mass is 10.2. The number of fused-ring (bicyclic) bond motifs is 1. The molecule has 2 aromatic rings. The highest BCUT2D eigenvalue weighted by Crippen LogP contribution is 2.30. The normalized spacial score (nSPS) is 22.4. The molecule has 2 unspecified atom stereocenters. The van der Waals surface area contributed by atoms with Crippen LogP contribution < -0.4 is 5.32 Å². The molecule has 2 atom stereocenters. The highest BCUT2D eigenvalue weighted by Gasteiger charge is 2.26. The Labute approximate surface area is 124 Å². The van der Waals surface area contributed by atoms with Gasteiger partial charge in [-0.15, -0.1) is 0 Å². The summed E-state index contributed by atoms with van der Waals surface area (Å²) in [5.74, 6) is 1.21. The fraction of sp³-hybridized carbons (Fsp3) is 0.500. The van der Waals surface area contributed by atoms with E-state index in [1.54, 1.807) is 0 Å².